The molecule has 0 spiro atoms. The van der Waals surface area contributed by atoms with Gasteiger partial charge in [-0.1, -0.05) is 15.5 Å². The summed E-state index contributed by atoms with van der Waals surface area (Å²) in [7, 11) is 0. The van der Waals surface area contributed by atoms with Crippen LogP contribution in [0.4, 0.5) is 0 Å². The molecular formula is C18H27N11O5. The average Bonchev–Trinajstić information content (AvgIpc) is 2.85. The zero-order valence-electron chi connectivity index (χ0n) is 18.2. The summed E-state index contributed by atoms with van der Waals surface area (Å²) in [5, 5.41) is 62.9. The topological polar surface area (TPSA) is 305 Å². The maximum absolute atomic E-state index is 12.7. The van der Waals surface area contributed by atoms with Crippen molar-refractivity contribution >= 4 is 29.3 Å². The third-order valence-corrected chi connectivity index (χ3v) is 5.21. The normalized spacial score (nSPS) is 14.1. The summed E-state index contributed by atoms with van der Waals surface area (Å²) in [6, 6.07) is 5.50. The van der Waals surface area contributed by atoms with E-state index in [4.69, 9.17) is 38.1 Å². The van der Waals surface area contributed by atoms with Crippen LogP contribution in [-0.4, -0.2) is 44.9 Å². The van der Waals surface area contributed by atoms with E-state index >= 15 is 0 Å². The Morgan fingerprint density at radius 3 is 1.79 bits per heavy atom. The molecule has 1 unspecified atom stereocenters. The lowest BCUT2D eigenvalue weighted by Gasteiger charge is -2.29. The molecular weight excluding hydrogens is 450 g/mol. The van der Waals surface area contributed by atoms with Crippen LogP contribution in [0.1, 0.15) is 51.4 Å². The molecule has 0 aliphatic carbocycles. The number of nitrogens with two attached hydrogens (primary N) is 3. The third kappa shape index (κ3) is 7.72. The summed E-state index contributed by atoms with van der Waals surface area (Å²) < 4.78 is 0. The Morgan fingerprint density at radius 1 is 0.824 bits per heavy atom. The first-order valence-electron chi connectivity index (χ1n) is 9.79. The SMILES string of the molecule is N#CCCC(C#N)(CCC#N)C(=O)NNC(CCC(CCC(N)=NO)(C(N)=O)C(N)=NO)=NO. The van der Waals surface area contributed by atoms with Crippen molar-refractivity contribution in [3.05, 3.63) is 0 Å². The van der Waals surface area contributed by atoms with Gasteiger partial charge in [-0.25, -0.2) is 0 Å². The maximum Gasteiger partial charge on any atom is 0.258 e. The third-order valence-electron chi connectivity index (χ3n) is 5.21. The first kappa shape index (κ1) is 29.2. The molecule has 0 fully saturated rings. The molecule has 0 aromatic rings. The maximum atomic E-state index is 12.7. The quantitative estimate of drug-likeness (QED) is 0.0690. The van der Waals surface area contributed by atoms with Crippen LogP contribution in [0.15, 0.2) is 15.5 Å². The number of nitrogens with zero attached hydrogens (tertiary/aromatic N) is 6. The fourth-order valence-corrected chi connectivity index (χ4v) is 3.01. The molecule has 16 heteroatoms. The largest absolute Gasteiger partial charge is 0.409 e. The van der Waals surface area contributed by atoms with Gasteiger partial charge < -0.3 is 32.8 Å². The summed E-state index contributed by atoms with van der Waals surface area (Å²) in [6.45, 7) is 0. The van der Waals surface area contributed by atoms with Gasteiger partial charge in [-0.15, -0.1) is 0 Å². The van der Waals surface area contributed by atoms with Crippen molar-refractivity contribution in [2.24, 2.45) is 43.5 Å². The molecule has 0 aromatic carbocycles. The zero-order chi connectivity index (χ0) is 26.2. The molecule has 2 amide bonds. The molecule has 0 rings (SSSR count). The average molecular weight is 477 g/mol. The lowest BCUT2D eigenvalue weighted by Crippen LogP contribution is -2.51. The Labute approximate surface area is 194 Å². The lowest BCUT2D eigenvalue weighted by atomic mass is 9.76. The molecule has 16 nitrogen and oxygen atoms in total. The molecule has 0 aliphatic heterocycles. The summed E-state index contributed by atoms with van der Waals surface area (Å²) in [6.07, 6.45) is -1.45. The summed E-state index contributed by atoms with van der Waals surface area (Å²) >= 11 is 0. The second-order valence-electron chi connectivity index (χ2n) is 7.16. The molecule has 34 heavy (non-hydrogen) atoms. The number of carbonyl (C=O) groups is 2. The first-order chi connectivity index (χ1) is 16.1. The molecule has 0 saturated heterocycles. The lowest BCUT2D eigenvalue weighted by molar-refractivity contribution is -0.129. The smallest absolute Gasteiger partial charge is 0.258 e. The van der Waals surface area contributed by atoms with Crippen LogP contribution >= 0.6 is 0 Å². The van der Waals surface area contributed by atoms with Crippen molar-refractivity contribution in [3.63, 3.8) is 0 Å². The van der Waals surface area contributed by atoms with E-state index in [1.54, 1.807) is 0 Å². The van der Waals surface area contributed by atoms with Crippen LogP contribution in [0.3, 0.4) is 0 Å². The van der Waals surface area contributed by atoms with E-state index in [-0.39, 0.29) is 63.0 Å². The van der Waals surface area contributed by atoms with E-state index in [9.17, 15) is 20.1 Å². The number of hydrogen-bond acceptors (Lipinski definition) is 11. The van der Waals surface area contributed by atoms with Crippen molar-refractivity contribution in [2.75, 3.05) is 0 Å². The number of hydrazine groups is 1. The van der Waals surface area contributed by atoms with Gasteiger partial charge in [0, 0.05) is 25.7 Å². The second kappa shape index (κ2) is 14.3. The van der Waals surface area contributed by atoms with Gasteiger partial charge in [-0.05, 0) is 25.7 Å². The Bertz CT molecular complexity index is 923. The van der Waals surface area contributed by atoms with Crippen molar-refractivity contribution in [2.45, 2.75) is 51.4 Å². The highest BCUT2D eigenvalue weighted by molar-refractivity contribution is 6.07. The van der Waals surface area contributed by atoms with Gasteiger partial charge in [0.25, 0.3) is 5.91 Å². The monoisotopic (exact) mass is 477 g/mol. The van der Waals surface area contributed by atoms with Crippen LogP contribution in [0.5, 0.6) is 0 Å². The second-order valence-corrected chi connectivity index (χ2v) is 7.16. The number of carbonyl (C=O) groups excluding carboxylic acids is 2. The fraction of sp³-hybridized carbons (Fsp3) is 0.556. The predicted molar refractivity (Wildman–Crippen MR) is 115 cm³/mol. The van der Waals surface area contributed by atoms with E-state index in [2.05, 4.69) is 26.3 Å². The highest BCUT2D eigenvalue weighted by atomic mass is 16.4. The molecule has 0 bridgehead atoms. The standard InChI is InChI=1S/C18H27N11O5/c19-9-1-5-17(11-21,6-2-10-20)16(31)26-25-13(28-33)4-8-18(15(24)30,14(23)29-34)7-3-12(22)27-32/h32-34H,1-8H2,(H2,22,27)(H2,23,29)(H2,24,30)(H,25,28)(H,26,31). The number of nitriles is 3. The Hall–Kier alpha value is -4.78. The number of rotatable bonds is 13. The summed E-state index contributed by atoms with van der Waals surface area (Å²) in [5.41, 5.74) is 17.6. The van der Waals surface area contributed by atoms with E-state index in [1.807, 2.05) is 18.2 Å². The minimum atomic E-state index is -1.79. The van der Waals surface area contributed by atoms with Crippen molar-refractivity contribution in [1.82, 2.24) is 10.9 Å². The number of primary amides is 1. The summed E-state index contributed by atoms with van der Waals surface area (Å²) in [4.78, 5) is 24.8. The van der Waals surface area contributed by atoms with Crippen LogP contribution in [0, 0.1) is 44.8 Å². The van der Waals surface area contributed by atoms with Gasteiger partial charge in [0.2, 0.25) is 5.91 Å². The Kier molecular flexibility index (Phi) is 12.3. The van der Waals surface area contributed by atoms with Crippen LogP contribution in [0.25, 0.3) is 0 Å². The summed E-state index contributed by atoms with van der Waals surface area (Å²) in [5.74, 6) is -2.98. The molecule has 11 N–H and O–H groups in total. The van der Waals surface area contributed by atoms with Gasteiger partial charge in [0.05, 0.1) is 18.2 Å². The minimum Gasteiger partial charge on any atom is -0.409 e. The Balaban J connectivity index is 5.58. The fourth-order valence-electron chi connectivity index (χ4n) is 3.01. The van der Waals surface area contributed by atoms with Gasteiger partial charge in [0.1, 0.15) is 16.7 Å². The van der Waals surface area contributed by atoms with E-state index in [0.717, 1.165) is 0 Å². The van der Waals surface area contributed by atoms with E-state index in [0.29, 0.717) is 0 Å². The molecule has 0 aliphatic rings. The molecule has 1 atom stereocenters. The number of hydrogen-bond donors (Lipinski definition) is 8. The molecule has 0 heterocycles. The number of amidine groups is 3. The van der Waals surface area contributed by atoms with Crippen LogP contribution in [-0.2, 0) is 9.59 Å². The minimum absolute atomic E-state index is 0.117. The van der Waals surface area contributed by atoms with E-state index < -0.39 is 28.5 Å². The Morgan fingerprint density at radius 2 is 1.38 bits per heavy atom. The highest BCUT2D eigenvalue weighted by Gasteiger charge is 2.42. The first-order valence-corrected chi connectivity index (χ1v) is 9.79. The van der Waals surface area contributed by atoms with E-state index in [1.165, 1.54) is 0 Å². The molecule has 0 saturated carbocycles. The van der Waals surface area contributed by atoms with Crippen molar-refractivity contribution in [3.8, 4) is 18.2 Å². The van der Waals surface area contributed by atoms with Gasteiger partial charge in [-0.3, -0.25) is 20.4 Å². The highest BCUT2D eigenvalue weighted by Crippen LogP contribution is 2.31. The van der Waals surface area contributed by atoms with Gasteiger partial charge in [0.15, 0.2) is 11.7 Å². The van der Waals surface area contributed by atoms with Crippen molar-refractivity contribution < 1.29 is 25.2 Å². The number of oxime groups is 3. The van der Waals surface area contributed by atoms with Crippen molar-refractivity contribution in [1.29, 1.82) is 15.8 Å². The van der Waals surface area contributed by atoms with Crippen LogP contribution < -0.4 is 28.1 Å². The molecule has 184 valence electrons. The van der Waals surface area contributed by atoms with Gasteiger partial charge in [-0.2, -0.15) is 15.8 Å². The molecule has 0 aromatic heterocycles. The predicted octanol–water partition coefficient (Wildman–Crippen LogP) is -0.963. The molecule has 0 radical (unpaired) electrons. The number of amides is 2. The number of nitrogens with one attached hydrogen (secondary N) is 2. The van der Waals surface area contributed by atoms with Gasteiger partial charge >= 0.3 is 0 Å². The van der Waals surface area contributed by atoms with Crippen LogP contribution in [0.2, 0.25) is 0 Å². The zero-order valence-corrected chi connectivity index (χ0v) is 18.2.